The van der Waals surface area contributed by atoms with E-state index in [-0.39, 0.29) is 16.8 Å². The number of benzene rings is 2. The number of thiophene rings is 1. The zero-order valence-corrected chi connectivity index (χ0v) is 18.9. The van der Waals surface area contributed by atoms with E-state index < -0.39 is 11.1 Å². The molecule has 0 spiro atoms. The minimum Gasteiger partial charge on any atom is -0.267 e. The summed E-state index contributed by atoms with van der Waals surface area (Å²) < 4.78 is 2.64. The Balaban J connectivity index is 1.91. The van der Waals surface area contributed by atoms with Crippen LogP contribution in [0.4, 0.5) is 0 Å². The van der Waals surface area contributed by atoms with Crippen molar-refractivity contribution in [2.75, 3.05) is 0 Å². The van der Waals surface area contributed by atoms with Crippen molar-refractivity contribution in [1.82, 2.24) is 14.3 Å². The van der Waals surface area contributed by atoms with Crippen LogP contribution in [-0.4, -0.2) is 14.3 Å². The van der Waals surface area contributed by atoms with Gasteiger partial charge in [-0.15, -0.1) is 11.3 Å². The molecule has 33 heavy (non-hydrogen) atoms. The van der Waals surface area contributed by atoms with Gasteiger partial charge >= 0.3 is 0 Å². The molecule has 2 aromatic carbocycles. The highest BCUT2D eigenvalue weighted by Crippen LogP contribution is 2.31. The van der Waals surface area contributed by atoms with E-state index in [1.54, 1.807) is 59.3 Å². The maximum Gasteiger partial charge on any atom is 0.286 e. The first-order valence-electron chi connectivity index (χ1n) is 9.98. The number of rotatable bonds is 3. The second-order valence-electron chi connectivity index (χ2n) is 7.43. The molecule has 3 aromatic rings. The first-order valence-corrected chi connectivity index (χ1v) is 11.2. The lowest BCUT2D eigenvalue weighted by atomic mass is 10.0. The van der Waals surface area contributed by atoms with E-state index >= 15 is 0 Å². The summed E-state index contributed by atoms with van der Waals surface area (Å²) in [7, 11) is 0. The molecule has 8 heteroatoms. The topological polar surface area (TPSA) is 80.7 Å². The average Bonchev–Trinajstić information content (AvgIpc) is 3.35. The summed E-state index contributed by atoms with van der Waals surface area (Å²) >= 11 is 7.55. The van der Waals surface area contributed by atoms with Gasteiger partial charge in [-0.3, -0.25) is 9.59 Å². The molecule has 160 valence electrons. The van der Waals surface area contributed by atoms with E-state index in [1.807, 2.05) is 30.5 Å². The number of nitriles is 1. The molecule has 2 aliphatic rings. The normalized spacial score (nSPS) is 10.9. The summed E-state index contributed by atoms with van der Waals surface area (Å²) in [5.41, 5.74) is 1.60. The highest BCUT2D eigenvalue weighted by molar-refractivity contribution is 7.13. The van der Waals surface area contributed by atoms with E-state index in [1.165, 1.54) is 11.3 Å². The SMILES string of the molecule is Cc1ccc(-n2c(=O)c3nn(-c4ccc(Cl)cc4)c(-c4cccs4)cc-3c(C#N)c2=O)cc1. The molecule has 0 unspecified atom stereocenters. The largest absolute Gasteiger partial charge is 0.286 e. The maximum atomic E-state index is 13.5. The Labute approximate surface area is 197 Å². The summed E-state index contributed by atoms with van der Waals surface area (Å²) in [6, 6.07) is 21.5. The zero-order valence-electron chi connectivity index (χ0n) is 17.3. The molecule has 0 N–H and O–H groups in total. The summed E-state index contributed by atoms with van der Waals surface area (Å²) in [5.74, 6) is 0. The summed E-state index contributed by atoms with van der Waals surface area (Å²) in [6.07, 6.45) is 0. The standard InChI is InChI=1S/C25H15ClN4O2S/c1-15-4-8-17(9-5-15)29-24(31)20(14-27)19-13-21(22-3-2-12-33-22)30(28-23(19)25(29)32)18-10-6-16(26)7-11-18/h2-13H,1H3. The quantitative estimate of drug-likeness (QED) is 0.369. The molecule has 0 atom stereocenters. The Hall–Kier alpha value is -3.99. The molecule has 0 amide bonds. The fourth-order valence-electron chi connectivity index (χ4n) is 3.66. The minimum atomic E-state index is -0.665. The van der Waals surface area contributed by atoms with Crippen LogP contribution in [0.2, 0.25) is 5.02 Å². The molecule has 0 bridgehead atoms. The molecule has 0 radical (unpaired) electrons. The number of nitrogens with zero attached hydrogens (tertiary/aromatic N) is 4. The summed E-state index contributed by atoms with van der Waals surface area (Å²) in [5, 5.41) is 17.0. The van der Waals surface area contributed by atoms with Gasteiger partial charge in [-0.1, -0.05) is 35.4 Å². The van der Waals surface area contributed by atoms with Crippen LogP contribution in [0.15, 0.2) is 81.7 Å². The lowest BCUT2D eigenvalue weighted by molar-refractivity contribution is 0.829. The molecular weight excluding hydrogens is 456 g/mol. The van der Waals surface area contributed by atoms with Crippen molar-refractivity contribution in [3.8, 4) is 39.3 Å². The highest BCUT2D eigenvalue weighted by Gasteiger charge is 2.25. The molecule has 3 heterocycles. The van der Waals surface area contributed by atoms with E-state index in [0.717, 1.165) is 15.0 Å². The van der Waals surface area contributed by atoms with E-state index in [2.05, 4.69) is 5.10 Å². The second-order valence-corrected chi connectivity index (χ2v) is 8.81. The zero-order chi connectivity index (χ0) is 23.1. The molecule has 6 nitrogen and oxygen atoms in total. The molecule has 0 saturated carbocycles. The molecule has 1 aromatic heterocycles. The van der Waals surface area contributed by atoms with Crippen molar-refractivity contribution in [1.29, 1.82) is 5.26 Å². The number of aromatic nitrogens is 3. The van der Waals surface area contributed by atoms with Crippen LogP contribution in [-0.2, 0) is 0 Å². The van der Waals surface area contributed by atoms with Gasteiger partial charge in [-0.2, -0.15) is 10.4 Å². The molecule has 5 rings (SSSR count). The maximum absolute atomic E-state index is 13.5. The third-order valence-electron chi connectivity index (χ3n) is 5.31. The predicted octanol–water partition coefficient (Wildman–Crippen LogP) is 5.05. The van der Waals surface area contributed by atoms with Crippen molar-refractivity contribution in [3.63, 3.8) is 0 Å². The lowest BCUT2D eigenvalue weighted by Crippen LogP contribution is -2.36. The summed E-state index contributed by atoms with van der Waals surface area (Å²) in [4.78, 5) is 27.6. The number of fused-ring (bicyclic) bond motifs is 1. The first kappa shape index (κ1) is 20.9. The fourth-order valence-corrected chi connectivity index (χ4v) is 4.52. The van der Waals surface area contributed by atoms with Crippen molar-refractivity contribution in [2.24, 2.45) is 0 Å². The minimum absolute atomic E-state index is 0.0296. The second kappa shape index (κ2) is 8.17. The molecule has 2 aliphatic heterocycles. The van der Waals surface area contributed by atoms with Crippen molar-refractivity contribution in [2.45, 2.75) is 6.92 Å². The Bertz CT molecular complexity index is 1610. The molecular formula is C25H15ClN4O2S. The van der Waals surface area contributed by atoms with Gasteiger partial charge in [0.1, 0.15) is 11.6 Å². The lowest BCUT2D eigenvalue weighted by Gasteiger charge is -2.17. The number of aryl methyl sites for hydroxylation is 1. The third kappa shape index (κ3) is 3.55. The van der Waals surface area contributed by atoms with Crippen LogP contribution in [0, 0.1) is 18.3 Å². The van der Waals surface area contributed by atoms with Gasteiger partial charge in [-0.05, 0) is 60.8 Å². The van der Waals surface area contributed by atoms with Crippen LogP contribution in [0.1, 0.15) is 11.1 Å². The van der Waals surface area contributed by atoms with Crippen LogP contribution in [0.25, 0.3) is 33.2 Å². The van der Waals surface area contributed by atoms with Crippen molar-refractivity contribution >= 4 is 22.9 Å². The van der Waals surface area contributed by atoms with Gasteiger partial charge in [0.2, 0.25) is 0 Å². The Morgan fingerprint density at radius 1 is 0.970 bits per heavy atom. The van der Waals surface area contributed by atoms with Gasteiger partial charge in [0.05, 0.1) is 21.9 Å². The van der Waals surface area contributed by atoms with Crippen molar-refractivity contribution < 1.29 is 0 Å². The van der Waals surface area contributed by atoms with Gasteiger partial charge in [0.25, 0.3) is 11.1 Å². The van der Waals surface area contributed by atoms with Crippen LogP contribution in [0.5, 0.6) is 0 Å². The summed E-state index contributed by atoms with van der Waals surface area (Å²) in [6.45, 7) is 1.91. The van der Waals surface area contributed by atoms with Gasteiger partial charge < -0.3 is 0 Å². The number of hydrogen-bond acceptors (Lipinski definition) is 5. The molecule has 0 saturated heterocycles. The number of halogens is 1. The smallest absolute Gasteiger partial charge is 0.267 e. The number of hydrogen-bond donors (Lipinski definition) is 0. The first-order chi connectivity index (χ1) is 16.0. The van der Waals surface area contributed by atoms with Gasteiger partial charge in [-0.25, -0.2) is 9.25 Å². The van der Waals surface area contributed by atoms with Crippen LogP contribution >= 0.6 is 22.9 Å². The Kier molecular flexibility index (Phi) is 5.17. The van der Waals surface area contributed by atoms with Gasteiger partial charge in [0, 0.05) is 10.6 Å². The van der Waals surface area contributed by atoms with Crippen LogP contribution in [0.3, 0.4) is 0 Å². The molecule has 0 fully saturated rings. The van der Waals surface area contributed by atoms with Crippen LogP contribution < -0.4 is 11.1 Å². The Morgan fingerprint density at radius 2 is 1.67 bits per heavy atom. The number of pyridine rings is 1. The monoisotopic (exact) mass is 470 g/mol. The third-order valence-corrected chi connectivity index (χ3v) is 6.45. The van der Waals surface area contributed by atoms with Crippen molar-refractivity contribution in [3.05, 3.63) is 109 Å². The highest BCUT2D eigenvalue weighted by atomic mass is 35.5. The average molecular weight is 471 g/mol. The van der Waals surface area contributed by atoms with E-state index in [4.69, 9.17) is 11.6 Å². The Morgan fingerprint density at radius 3 is 2.30 bits per heavy atom. The predicted molar refractivity (Wildman–Crippen MR) is 130 cm³/mol. The fraction of sp³-hybridized carbons (Fsp3) is 0.0400. The van der Waals surface area contributed by atoms with E-state index in [0.29, 0.717) is 22.1 Å². The van der Waals surface area contributed by atoms with E-state index in [9.17, 15) is 14.9 Å². The van der Waals surface area contributed by atoms with Gasteiger partial charge in [0.15, 0.2) is 5.69 Å². The molecule has 0 aliphatic carbocycles.